The molecule has 0 unspecified atom stereocenters. The Morgan fingerprint density at radius 3 is 2.65 bits per heavy atom. The van der Waals surface area contributed by atoms with Crippen LogP contribution in [0.4, 0.5) is 0 Å². The van der Waals surface area contributed by atoms with Crippen LogP contribution in [0.3, 0.4) is 0 Å². The number of ether oxygens (including phenoxy) is 1. The summed E-state index contributed by atoms with van der Waals surface area (Å²) in [6.45, 7) is 6.18. The third-order valence-corrected chi connectivity index (χ3v) is 8.78. The molecule has 4 aliphatic carbocycles. The van der Waals surface area contributed by atoms with Gasteiger partial charge in [-0.1, -0.05) is 31.4 Å². The molecule has 0 spiro atoms. The molecule has 0 radical (unpaired) electrons. The van der Waals surface area contributed by atoms with E-state index in [9.17, 15) is 9.90 Å². The summed E-state index contributed by atoms with van der Waals surface area (Å²) in [6.07, 6.45) is 16.3. The summed E-state index contributed by atoms with van der Waals surface area (Å²) in [5.41, 5.74) is 0.655. The Morgan fingerprint density at radius 1 is 1.23 bits per heavy atom. The van der Waals surface area contributed by atoms with Crippen LogP contribution in [0.15, 0.2) is 11.6 Å². The molecule has 0 aromatic carbocycles. The average Bonchev–Trinajstić information content (AvgIpc) is 2.87. The van der Waals surface area contributed by atoms with Crippen LogP contribution >= 0.6 is 0 Å². The molecule has 0 aromatic rings. The molecule has 7 atom stereocenters. The van der Waals surface area contributed by atoms with Crippen molar-refractivity contribution in [2.24, 2.45) is 28.6 Å². The number of terminal acetylenes is 1. The number of fused-ring (bicyclic) bond motifs is 5. The molecule has 1 N–H and O–H groups in total. The average molecular weight is 357 g/mol. The fraction of sp³-hybridized carbons (Fsp3) is 0.783. The Bertz CT molecular complexity index is 688. The molecule has 3 nitrogen and oxygen atoms in total. The van der Waals surface area contributed by atoms with Gasteiger partial charge in [-0.2, -0.15) is 0 Å². The highest BCUT2D eigenvalue weighted by Gasteiger charge is 2.63. The number of hydrogen-bond donors (Lipinski definition) is 1. The zero-order valence-electron chi connectivity index (χ0n) is 16.4. The van der Waals surface area contributed by atoms with Gasteiger partial charge in [0, 0.05) is 18.8 Å². The molecule has 3 heteroatoms. The third-order valence-electron chi connectivity index (χ3n) is 8.78. The molecule has 0 heterocycles. The lowest BCUT2D eigenvalue weighted by atomic mass is 9.47. The van der Waals surface area contributed by atoms with E-state index >= 15 is 0 Å². The topological polar surface area (TPSA) is 46.5 Å². The molecule has 0 amide bonds. The summed E-state index contributed by atoms with van der Waals surface area (Å²) in [5.74, 6) is 4.39. The molecule has 142 valence electrons. The van der Waals surface area contributed by atoms with E-state index in [1.807, 2.05) is 0 Å². The molecule has 3 saturated carbocycles. The van der Waals surface area contributed by atoms with E-state index in [0.717, 1.165) is 51.4 Å². The summed E-state index contributed by atoms with van der Waals surface area (Å²) in [6, 6.07) is 0. The van der Waals surface area contributed by atoms with Crippen LogP contribution in [0, 0.1) is 40.9 Å². The van der Waals surface area contributed by atoms with Crippen molar-refractivity contribution in [3.05, 3.63) is 11.6 Å². The van der Waals surface area contributed by atoms with E-state index in [-0.39, 0.29) is 22.9 Å². The summed E-state index contributed by atoms with van der Waals surface area (Å²) in [5, 5.41) is 11.1. The van der Waals surface area contributed by atoms with Crippen LogP contribution in [-0.2, 0) is 9.53 Å². The Hall–Kier alpha value is -1.27. The number of rotatable bonds is 1. The first-order valence-corrected chi connectivity index (χ1v) is 10.3. The Morgan fingerprint density at radius 2 is 1.96 bits per heavy atom. The lowest BCUT2D eigenvalue weighted by Gasteiger charge is -2.58. The zero-order chi connectivity index (χ0) is 18.7. The highest BCUT2D eigenvalue weighted by molar-refractivity contribution is 5.66. The van der Waals surface area contributed by atoms with Crippen molar-refractivity contribution in [2.45, 2.75) is 83.8 Å². The van der Waals surface area contributed by atoms with Gasteiger partial charge in [0.2, 0.25) is 0 Å². The van der Waals surface area contributed by atoms with E-state index < -0.39 is 5.60 Å². The van der Waals surface area contributed by atoms with Gasteiger partial charge < -0.3 is 9.84 Å². The highest BCUT2D eigenvalue weighted by Crippen LogP contribution is 2.67. The normalized spacial score (nSPS) is 49.9. The van der Waals surface area contributed by atoms with E-state index in [1.165, 1.54) is 12.5 Å². The Balaban J connectivity index is 1.61. The van der Waals surface area contributed by atoms with E-state index in [1.54, 1.807) is 0 Å². The van der Waals surface area contributed by atoms with Crippen molar-refractivity contribution in [1.82, 2.24) is 0 Å². The van der Waals surface area contributed by atoms with Crippen LogP contribution in [-0.4, -0.2) is 22.8 Å². The molecule has 4 aliphatic rings. The predicted molar refractivity (Wildman–Crippen MR) is 101 cm³/mol. The van der Waals surface area contributed by atoms with Crippen LogP contribution in [0.5, 0.6) is 0 Å². The minimum absolute atomic E-state index is 0.0512. The highest BCUT2D eigenvalue weighted by atomic mass is 16.5. The monoisotopic (exact) mass is 356 g/mol. The van der Waals surface area contributed by atoms with Gasteiger partial charge in [0.05, 0.1) is 0 Å². The molecule has 0 aliphatic heterocycles. The van der Waals surface area contributed by atoms with Crippen LogP contribution < -0.4 is 0 Å². The van der Waals surface area contributed by atoms with Crippen LogP contribution in [0.2, 0.25) is 0 Å². The second-order valence-corrected chi connectivity index (χ2v) is 9.73. The van der Waals surface area contributed by atoms with Gasteiger partial charge in [0.25, 0.3) is 0 Å². The first-order chi connectivity index (χ1) is 12.2. The summed E-state index contributed by atoms with van der Waals surface area (Å²) >= 11 is 0. The number of aliphatic hydroxyl groups is 1. The summed E-state index contributed by atoms with van der Waals surface area (Å²) in [4.78, 5) is 11.3. The maximum Gasteiger partial charge on any atom is 0.302 e. The number of carbonyl (C=O) groups excluding carboxylic acids is 1. The molecule has 4 rings (SSSR count). The van der Waals surface area contributed by atoms with Gasteiger partial charge >= 0.3 is 5.97 Å². The molecular weight excluding hydrogens is 324 g/mol. The quantitative estimate of drug-likeness (QED) is 0.434. The van der Waals surface area contributed by atoms with Crippen LogP contribution in [0.25, 0.3) is 0 Å². The Kier molecular flexibility index (Phi) is 4.08. The maximum atomic E-state index is 11.3. The summed E-state index contributed by atoms with van der Waals surface area (Å²) < 4.78 is 5.51. The smallest absolute Gasteiger partial charge is 0.302 e. The van der Waals surface area contributed by atoms with Crippen molar-refractivity contribution in [3.63, 3.8) is 0 Å². The first kappa shape index (κ1) is 18.1. The summed E-state index contributed by atoms with van der Waals surface area (Å²) in [7, 11) is 0. The van der Waals surface area contributed by atoms with Gasteiger partial charge in [0.1, 0.15) is 11.7 Å². The molecule has 0 bridgehead atoms. The van der Waals surface area contributed by atoms with Crippen molar-refractivity contribution < 1.29 is 14.6 Å². The maximum absolute atomic E-state index is 11.3. The molecule has 0 saturated heterocycles. The molecule has 3 fully saturated rings. The number of hydrogen-bond acceptors (Lipinski definition) is 3. The van der Waals surface area contributed by atoms with E-state index in [4.69, 9.17) is 11.2 Å². The molecule has 26 heavy (non-hydrogen) atoms. The first-order valence-electron chi connectivity index (χ1n) is 10.3. The van der Waals surface area contributed by atoms with Gasteiger partial charge in [-0.15, -0.1) is 6.42 Å². The van der Waals surface area contributed by atoms with Crippen LogP contribution in [0.1, 0.15) is 72.1 Å². The van der Waals surface area contributed by atoms with Gasteiger partial charge in [-0.3, -0.25) is 4.79 Å². The number of carbonyl (C=O) groups is 1. The minimum atomic E-state index is -0.930. The lowest BCUT2D eigenvalue weighted by Crippen LogP contribution is -2.54. The second kappa shape index (κ2) is 5.86. The standard InChI is InChI=1S/C23H32O3/c1-5-23(25)13-10-20-18-7-6-16-14-17(26-15(2)24)8-11-21(16,3)19(18)9-12-22(20,23)4/h1,6,17-20,25H,7-14H2,2-4H3/t17-,18+,19+,20+,21-,22+,23-/m0/s1. The number of esters is 1. The fourth-order valence-corrected chi connectivity index (χ4v) is 7.22. The minimum Gasteiger partial charge on any atom is -0.462 e. The van der Waals surface area contributed by atoms with Crippen molar-refractivity contribution in [3.8, 4) is 12.3 Å². The lowest BCUT2D eigenvalue weighted by molar-refractivity contribution is -0.149. The van der Waals surface area contributed by atoms with Gasteiger partial charge in [0.15, 0.2) is 0 Å². The Labute approximate surface area is 157 Å². The second-order valence-electron chi connectivity index (χ2n) is 9.73. The SMILES string of the molecule is C#C[C@]1(O)CC[C@@H]2[C@@H]3CC=C4C[C@@H](OC(C)=O)CC[C@]4(C)[C@@H]3CC[C@]21C. The van der Waals surface area contributed by atoms with Gasteiger partial charge in [-0.25, -0.2) is 0 Å². The largest absolute Gasteiger partial charge is 0.462 e. The van der Waals surface area contributed by atoms with E-state index in [2.05, 4.69) is 25.8 Å². The van der Waals surface area contributed by atoms with Crippen molar-refractivity contribution >= 4 is 5.97 Å². The van der Waals surface area contributed by atoms with Crippen molar-refractivity contribution in [1.29, 1.82) is 0 Å². The molecular formula is C23H32O3. The van der Waals surface area contributed by atoms with Crippen molar-refractivity contribution in [2.75, 3.05) is 0 Å². The third kappa shape index (κ3) is 2.34. The van der Waals surface area contributed by atoms with E-state index in [0.29, 0.717) is 17.8 Å². The zero-order valence-corrected chi connectivity index (χ0v) is 16.4. The predicted octanol–water partition coefficient (Wildman–Crippen LogP) is 4.25. The fourth-order valence-electron chi connectivity index (χ4n) is 7.22. The molecule has 0 aromatic heterocycles. The van der Waals surface area contributed by atoms with Gasteiger partial charge in [-0.05, 0) is 68.1 Å². The number of allylic oxidation sites excluding steroid dienone is 1.